The van der Waals surface area contributed by atoms with E-state index in [1.54, 1.807) is 13.2 Å². The van der Waals surface area contributed by atoms with Gasteiger partial charge >= 0.3 is 0 Å². The number of nitrogens with one attached hydrogen (secondary N) is 2. The molecule has 0 saturated heterocycles. The molecule has 2 heterocycles. The number of thiophene rings is 1. The first-order valence-electron chi connectivity index (χ1n) is 8.72. The molecule has 1 aromatic carbocycles. The summed E-state index contributed by atoms with van der Waals surface area (Å²) in [6.07, 6.45) is 3.93. The molecule has 6 nitrogen and oxygen atoms in total. The summed E-state index contributed by atoms with van der Waals surface area (Å²) in [5.74, 6) is 0.926. The van der Waals surface area contributed by atoms with Crippen molar-refractivity contribution in [2.24, 2.45) is 0 Å². The fourth-order valence-corrected chi connectivity index (χ4v) is 4.15. The molecule has 0 aliphatic carbocycles. The molecule has 1 aliphatic heterocycles. The van der Waals surface area contributed by atoms with Crippen molar-refractivity contribution in [1.29, 1.82) is 5.26 Å². The maximum Gasteiger partial charge on any atom is 0.249 e. The van der Waals surface area contributed by atoms with Gasteiger partial charge in [-0.3, -0.25) is 4.79 Å². The predicted octanol–water partition coefficient (Wildman–Crippen LogP) is 3.32. The van der Waals surface area contributed by atoms with Crippen LogP contribution >= 0.6 is 11.3 Å². The number of anilines is 1. The molecule has 0 radical (unpaired) electrons. The fraction of sp³-hybridized carbons (Fsp3) is 0.300. The Morgan fingerprint density at radius 1 is 1.48 bits per heavy atom. The summed E-state index contributed by atoms with van der Waals surface area (Å²) in [6.45, 7) is 3.97. The summed E-state index contributed by atoms with van der Waals surface area (Å²) in [5, 5.41) is 16.2. The average molecular weight is 383 g/mol. The predicted molar refractivity (Wildman–Crippen MR) is 106 cm³/mol. The largest absolute Gasteiger partial charge is 0.493 e. The lowest BCUT2D eigenvalue weighted by molar-refractivity contribution is -0.111. The summed E-state index contributed by atoms with van der Waals surface area (Å²) < 4.78 is 11.0. The summed E-state index contributed by atoms with van der Waals surface area (Å²) in [4.78, 5) is 13.5. The lowest BCUT2D eigenvalue weighted by atomic mass is 10.1. The third-order valence-electron chi connectivity index (χ3n) is 4.21. The minimum absolute atomic E-state index is 0.289. The Labute approximate surface area is 162 Å². The highest BCUT2D eigenvalue weighted by molar-refractivity contribution is 7.16. The van der Waals surface area contributed by atoms with Gasteiger partial charge in [-0.15, -0.1) is 11.3 Å². The summed E-state index contributed by atoms with van der Waals surface area (Å²) in [5.41, 5.74) is 2.38. The number of para-hydroxylation sites is 1. The van der Waals surface area contributed by atoms with Gasteiger partial charge in [-0.05, 0) is 37.6 Å². The molecule has 2 N–H and O–H groups in total. The van der Waals surface area contributed by atoms with Crippen LogP contribution in [0, 0.1) is 11.3 Å². The quantitative estimate of drug-likeness (QED) is 0.748. The average Bonchev–Trinajstić information content (AvgIpc) is 3.04. The first-order valence-corrected chi connectivity index (χ1v) is 9.53. The van der Waals surface area contributed by atoms with Crippen LogP contribution in [-0.2, 0) is 17.8 Å². The third-order valence-corrected chi connectivity index (χ3v) is 5.36. The maximum atomic E-state index is 12.4. The van der Waals surface area contributed by atoms with Crippen molar-refractivity contribution in [3.8, 4) is 17.6 Å². The smallest absolute Gasteiger partial charge is 0.249 e. The number of benzene rings is 1. The standard InChI is InChI=1S/C20H21N3O3S/c1-3-26-19-13(5-4-6-16(19)25-2)7-8-18(24)23-20-15(11-21)14-9-10-22-12-17(14)27-20/h4-8,22H,3,9-10,12H2,1-2H3,(H,23,24). The normalized spacial score (nSPS) is 13.1. The molecule has 0 atom stereocenters. The van der Waals surface area contributed by atoms with Gasteiger partial charge in [0.25, 0.3) is 0 Å². The number of methoxy groups -OCH3 is 1. The Hall–Kier alpha value is -2.82. The van der Waals surface area contributed by atoms with Crippen LogP contribution in [0.1, 0.15) is 28.5 Å². The molecule has 3 rings (SSSR count). The van der Waals surface area contributed by atoms with E-state index >= 15 is 0 Å². The van der Waals surface area contributed by atoms with E-state index in [9.17, 15) is 10.1 Å². The monoisotopic (exact) mass is 383 g/mol. The SMILES string of the molecule is CCOc1c(C=CC(=O)Nc2sc3c(c2C#N)CCNC3)cccc1OC. The minimum Gasteiger partial charge on any atom is -0.493 e. The van der Waals surface area contributed by atoms with Gasteiger partial charge in [-0.25, -0.2) is 0 Å². The lowest BCUT2D eigenvalue weighted by Gasteiger charge is -2.11. The maximum absolute atomic E-state index is 12.4. The molecule has 2 aromatic rings. The number of hydrogen-bond acceptors (Lipinski definition) is 6. The van der Waals surface area contributed by atoms with Gasteiger partial charge in [0.1, 0.15) is 11.1 Å². The first-order chi connectivity index (χ1) is 13.2. The highest BCUT2D eigenvalue weighted by atomic mass is 32.1. The van der Waals surface area contributed by atoms with E-state index in [4.69, 9.17) is 9.47 Å². The van der Waals surface area contributed by atoms with Crippen molar-refractivity contribution in [3.63, 3.8) is 0 Å². The summed E-state index contributed by atoms with van der Waals surface area (Å²) in [6, 6.07) is 7.74. The van der Waals surface area contributed by atoms with Gasteiger partial charge in [-0.2, -0.15) is 5.26 Å². The molecule has 1 aromatic heterocycles. The van der Waals surface area contributed by atoms with Crippen LogP contribution < -0.4 is 20.1 Å². The van der Waals surface area contributed by atoms with Gasteiger partial charge in [0, 0.05) is 23.1 Å². The number of carbonyl (C=O) groups excluding carboxylic acids is 1. The molecule has 0 fully saturated rings. The molecule has 1 amide bonds. The second kappa shape index (κ2) is 8.71. The van der Waals surface area contributed by atoms with E-state index in [0.717, 1.165) is 35.5 Å². The molecule has 140 valence electrons. The molecule has 0 unspecified atom stereocenters. The Morgan fingerprint density at radius 3 is 3.07 bits per heavy atom. The molecule has 0 bridgehead atoms. The molecule has 1 aliphatic rings. The molecular formula is C20H21N3O3S. The van der Waals surface area contributed by atoms with E-state index in [2.05, 4.69) is 16.7 Å². The van der Waals surface area contributed by atoms with Crippen molar-refractivity contribution in [2.45, 2.75) is 19.9 Å². The van der Waals surface area contributed by atoms with Crippen LogP contribution in [-0.4, -0.2) is 26.2 Å². The molecule has 0 spiro atoms. The number of nitriles is 1. The number of ether oxygens (including phenoxy) is 2. The van der Waals surface area contributed by atoms with Crippen molar-refractivity contribution in [2.75, 3.05) is 25.6 Å². The number of amides is 1. The van der Waals surface area contributed by atoms with Crippen molar-refractivity contribution in [1.82, 2.24) is 5.32 Å². The van der Waals surface area contributed by atoms with Gasteiger partial charge in [0.2, 0.25) is 5.91 Å². The number of fused-ring (bicyclic) bond motifs is 1. The zero-order valence-corrected chi connectivity index (χ0v) is 16.1. The zero-order valence-electron chi connectivity index (χ0n) is 15.3. The Bertz CT molecular complexity index is 912. The van der Waals surface area contributed by atoms with E-state index in [-0.39, 0.29) is 5.91 Å². The van der Waals surface area contributed by atoms with Gasteiger partial charge < -0.3 is 20.1 Å². The van der Waals surface area contributed by atoms with E-state index < -0.39 is 0 Å². The second-order valence-corrected chi connectivity index (χ2v) is 6.99. The Morgan fingerprint density at radius 2 is 2.33 bits per heavy atom. The molecule has 0 saturated carbocycles. The Kier molecular flexibility index (Phi) is 6.12. The number of hydrogen-bond donors (Lipinski definition) is 2. The van der Waals surface area contributed by atoms with Crippen LogP contribution in [0.25, 0.3) is 6.08 Å². The van der Waals surface area contributed by atoms with Crippen LogP contribution in [0.2, 0.25) is 0 Å². The van der Waals surface area contributed by atoms with Crippen LogP contribution in [0.4, 0.5) is 5.00 Å². The van der Waals surface area contributed by atoms with Crippen LogP contribution in [0.3, 0.4) is 0 Å². The number of carbonyl (C=O) groups is 1. The van der Waals surface area contributed by atoms with Crippen molar-refractivity contribution < 1.29 is 14.3 Å². The van der Waals surface area contributed by atoms with Crippen LogP contribution in [0.5, 0.6) is 11.5 Å². The minimum atomic E-state index is -0.289. The Balaban J connectivity index is 1.79. The second-order valence-electron chi connectivity index (χ2n) is 5.88. The van der Waals surface area contributed by atoms with Crippen molar-refractivity contribution in [3.05, 3.63) is 45.8 Å². The third kappa shape index (κ3) is 4.13. The van der Waals surface area contributed by atoms with Gasteiger partial charge in [0.15, 0.2) is 11.5 Å². The zero-order chi connectivity index (χ0) is 19.2. The summed E-state index contributed by atoms with van der Waals surface area (Å²) >= 11 is 1.46. The first kappa shape index (κ1) is 19.0. The number of nitrogens with zero attached hydrogens (tertiary/aromatic N) is 1. The fourth-order valence-electron chi connectivity index (χ4n) is 2.98. The van der Waals surface area contributed by atoms with E-state index in [1.165, 1.54) is 17.4 Å². The van der Waals surface area contributed by atoms with Gasteiger partial charge in [-0.1, -0.05) is 12.1 Å². The van der Waals surface area contributed by atoms with Gasteiger partial charge in [0.05, 0.1) is 19.3 Å². The topological polar surface area (TPSA) is 83.4 Å². The lowest BCUT2D eigenvalue weighted by Crippen LogP contribution is -2.22. The molecule has 7 heteroatoms. The highest BCUT2D eigenvalue weighted by Crippen LogP contribution is 2.35. The van der Waals surface area contributed by atoms with E-state index in [0.29, 0.717) is 28.7 Å². The van der Waals surface area contributed by atoms with E-state index in [1.807, 2.05) is 25.1 Å². The van der Waals surface area contributed by atoms with Crippen molar-refractivity contribution >= 4 is 28.3 Å². The molecule has 27 heavy (non-hydrogen) atoms. The number of rotatable bonds is 6. The highest BCUT2D eigenvalue weighted by Gasteiger charge is 2.21. The summed E-state index contributed by atoms with van der Waals surface area (Å²) in [7, 11) is 1.58. The molecular weight excluding hydrogens is 362 g/mol. The van der Waals surface area contributed by atoms with Crippen LogP contribution in [0.15, 0.2) is 24.3 Å².